The largest absolute Gasteiger partial charge is 0.435 e. The highest BCUT2D eigenvalue weighted by atomic mass is 19.4. The van der Waals surface area contributed by atoms with Gasteiger partial charge >= 0.3 is 6.18 Å². The first kappa shape index (κ1) is 10.7. The molecule has 0 fully saturated rings. The van der Waals surface area contributed by atoms with Crippen molar-refractivity contribution in [2.75, 3.05) is 0 Å². The van der Waals surface area contributed by atoms with Crippen LogP contribution in [0, 0.1) is 6.92 Å². The van der Waals surface area contributed by atoms with Crippen LogP contribution in [0.25, 0.3) is 5.52 Å². The highest BCUT2D eigenvalue weighted by Gasteiger charge is 2.34. The van der Waals surface area contributed by atoms with Gasteiger partial charge in [0, 0.05) is 11.3 Å². The van der Waals surface area contributed by atoms with E-state index in [1.54, 1.807) is 13.0 Å². The van der Waals surface area contributed by atoms with Gasteiger partial charge in [-0.1, -0.05) is 0 Å². The number of halogens is 3. The molecule has 0 aliphatic carbocycles. The average Bonchev–Trinajstić information content (AvgIpc) is 2.63. The predicted octanol–water partition coefficient (Wildman–Crippen LogP) is 2.47. The molecule has 16 heavy (non-hydrogen) atoms. The van der Waals surface area contributed by atoms with Crippen LogP contribution in [-0.4, -0.2) is 15.9 Å². The molecule has 84 valence electrons. The first-order valence-corrected chi connectivity index (χ1v) is 4.45. The van der Waals surface area contributed by atoms with Gasteiger partial charge < -0.3 is 0 Å². The molecule has 0 aliphatic heterocycles. The molecule has 0 aromatic carbocycles. The van der Waals surface area contributed by atoms with Crippen molar-refractivity contribution >= 4 is 11.8 Å². The monoisotopic (exact) mass is 228 g/mol. The van der Waals surface area contributed by atoms with E-state index in [4.69, 9.17) is 0 Å². The standard InChI is InChI=1S/C10H7F3N2O/c1-6-2-3-7(5-16)8-4-9(10(11,12)13)14-15(6)8/h2-5H,1H3. The molecule has 2 rings (SSSR count). The third-order valence-electron chi connectivity index (χ3n) is 2.26. The van der Waals surface area contributed by atoms with Crippen molar-refractivity contribution in [3.8, 4) is 0 Å². The fourth-order valence-electron chi connectivity index (χ4n) is 1.46. The Bertz CT molecular complexity index is 557. The van der Waals surface area contributed by atoms with Crippen LogP contribution in [0.15, 0.2) is 18.2 Å². The molecule has 0 aliphatic rings. The summed E-state index contributed by atoms with van der Waals surface area (Å²) in [6.45, 7) is 1.62. The molecule has 0 unspecified atom stereocenters. The zero-order valence-corrected chi connectivity index (χ0v) is 8.25. The van der Waals surface area contributed by atoms with Gasteiger partial charge in [0.25, 0.3) is 0 Å². The van der Waals surface area contributed by atoms with E-state index in [0.29, 0.717) is 12.0 Å². The third-order valence-corrected chi connectivity index (χ3v) is 2.26. The van der Waals surface area contributed by atoms with E-state index in [9.17, 15) is 18.0 Å². The van der Waals surface area contributed by atoms with E-state index in [1.807, 2.05) is 0 Å². The second kappa shape index (κ2) is 3.33. The predicted molar refractivity (Wildman–Crippen MR) is 50.3 cm³/mol. The second-order valence-corrected chi connectivity index (χ2v) is 3.37. The molecule has 2 aromatic rings. The van der Waals surface area contributed by atoms with E-state index in [2.05, 4.69) is 5.10 Å². The molecule has 6 heteroatoms. The normalized spacial score (nSPS) is 12.0. The Balaban J connectivity index is 2.78. The minimum atomic E-state index is -4.50. The summed E-state index contributed by atoms with van der Waals surface area (Å²) in [4.78, 5) is 10.7. The van der Waals surface area contributed by atoms with Crippen LogP contribution in [0.2, 0.25) is 0 Å². The maximum Gasteiger partial charge on any atom is 0.435 e. The maximum atomic E-state index is 12.4. The quantitative estimate of drug-likeness (QED) is 0.702. The van der Waals surface area contributed by atoms with Crippen molar-refractivity contribution in [2.45, 2.75) is 13.1 Å². The number of fused-ring (bicyclic) bond motifs is 1. The number of aryl methyl sites for hydroxylation is 1. The summed E-state index contributed by atoms with van der Waals surface area (Å²) in [5.41, 5.74) is -0.100. The van der Waals surface area contributed by atoms with Gasteiger partial charge in [0.15, 0.2) is 12.0 Å². The van der Waals surface area contributed by atoms with Gasteiger partial charge in [0.05, 0.1) is 5.52 Å². The maximum absolute atomic E-state index is 12.4. The SMILES string of the molecule is Cc1ccc(C=O)c2cc(C(F)(F)F)nn12. The molecule has 0 saturated carbocycles. The first-order chi connectivity index (χ1) is 7.43. The molecule has 0 spiro atoms. The Morgan fingerprint density at radius 2 is 2.06 bits per heavy atom. The summed E-state index contributed by atoms with van der Waals surface area (Å²) in [6.07, 6.45) is -3.99. The average molecular weight is 228 g/mol. The van der Waals surface area contributed by atoms with Crippen molar-refractivity contribution < 1.29 is 18.0 Å². The number of pyridine rings is 1. The van der Waals surface area contributed by atoms with Crippen LogP contribution in [0.4, 0.5) is 13.2 Å². The molecule has 0 N–H and O–H groups in total. The topological polar surface area (TPSA) is 34.4 Å². The van der Waals surface area contributed by atoms with E-state index >= 15 is 0 Å². The van der Waals surface area contributed by atoms with Gasteiger partial charge in [-0.2, -0.15) is 18.3 Å². The van der Waals surface area contributed by atoms with E-state index in [0.717, 1.165) is 10.6 Å². The number of carbonyl (C=O) groups is 1. The summed E-state index contributed by atoms with van der Waals surface area (Å²) >= 11 is 0. The lowest BCUT2D eigenvalue weighted by atomic mass is 10.2. The number of hydrogen-bond acceptors (Lipinski definition) is 2. The lowest BCUT2D eigenvalue weighted by Crippen LogP contribution is -2.06. The summed E-state index contributed by atoms with van der Waals surface area (Å²) in [5.74, 6) is 0. The minimum Gasteiger partial charge on any atom is -0.298 e. The number of aldehydes is 1. The van der Waals surface area contributed by atoms with Gasteiger partial charge in [-0.05, 0) is 25.1 Å². The minimum absolute atomic E-state index is 0.169. The summed E-state index contributed by atoms with van der Waals surface area (Å²) in [5, 5.41) is 3.42. The molecule has 3 nitrogen and oxygen atoms in total. The van der Waals surface area contributed by atoms with Crippen LogP contribution in [-0.2, 0) is 6.18 Å². The Labute approximate surface area is 88.5 Å². The van der Waals surface area contributed by atoms with E-state index < -0.39 is 11.9 Å². The zero-order chi connectivity index (χ0) is 11.9. The van der Waals surface area contributed by atoms with Crippen molar-refractivity contribution in [1.82, 2.24) is 9.61 Å². The highest BCUT2D eigenvalue weighted by molar-refractivity contribution is 5.86. The summed E-state index contributed by atoms with van der Waals surface area (Å²) < 4.78 is 38.4. The number of rotatable bonds is 1. The number of alkyl halides is 3. The Morgan fingerprint density at radius 3 is 2.62 bits per heavy atom. The lowest BCUT2D eigenvalue weighted by Gasteiger charge is -2.00. The smallest absolute Gasteiger partial charge is 0.298 e. The fraction of sp³-hybridized carbons (Fsp3) is 0.200. The van der Waals surface area contributed by atoms with Gasteiger partial charge in [0.2, 0.25) is 0 Å². The van der Waals surface area contributed by atoms with Gasteiger partial charge in [-0.3, -0.25) is 4.79 Å². The molecule has 2 aromatic heterocycles. The van der Waals surface area contributed by atoms with Gasteiger partial charge in [-0.25, -0.2) is 4.52 Å². The van der Waals surface area contributed by atoms with Crippen LogP contribution >= 0.6 is 0 Å². The Morgan fingerprint density at radius 1 is 1.38 bits per heavy atom. The summed E-state index contributed by atoms with van der Waals surface area (Å²) in [7, 11) is 0. The molecule has 2 heterocycles. The number of aromatic nitrogens is 2. The van der Waals surface area contributed by atoms with Crippen molar-refractivity contribution in [3.05, 3.63) is 35.2 Å². The third kappa shape index (κ3) is 1.56. The number of nitrogens with zero attached hydrogens (tertiary/aromatic N) is 2. The molecule has 0 radical (unpaired) electrons. The molecule has 0 bridgehead atoms. The zero-order valence-electron chi connectivity index (χ0n) is 8.25. The van der Waals surface area contributed by atoms with Gasteiger partial charge in [0.1, 0.15) is 0 Å². The van der Waals surface area contributed by atoms with Crippen LogP contribution in [0.5, 0.6) is 0 Å². The molecular formula is C10H7F3N2O. The van der Waals surface area contributed by atoms with Crippen molar-refractivity contribution in [1.29, 1.82) is 0 Å². The number of carbonyl (C=O) groups excluding carboxylic acids is 1. The molecule has 0 amide bonds. The fourth-order valence-corrected chi connectivity index (χ4v) is 1.46. The molecular weight excluding hydrogens is 221 g/mol. The lowest BCUT2D eigenvalue weighted by molar-refractivity contribution is -0.141. The second-order valence-electron chi connectivity index (χ2n) is 3.37. The summed E-state index contributed by atoms with van der Waals surface area (Å²) in [6, 6.07) is 3.89. The molecule has 0 saturated heterocycles. The van der Waals surface area contributed by atoms with Crippen LogP contribution < -0.4 is 0 Å². The Hall–Kier alpha value is -1.85. The van der Waals surface area contributed by atoms with Crippen LogP contribution in [0.3, 0.4) is 0 Å². The van der Waals surface area contributed by atoms with E-state index in [1.165, 1.54) is 6.07 Å². The number of hydrogen-bond donors (Lipinski definition) is 0. The van der Waals surface area contributed by atoms with Crippen molar-refractivity contribution in [2.24, 2.45) is 0 Å². The van der Waals surface area contributed by atoms with Crippen molar-refractivity contribution in [3.63, 3.8) is 0 Å². The Kier molecular flexibility index (Phi) is 2.22. The molecule has 0 atom stereocenters. The highest BCUT2D eigenvalue weighted by Crippen LogP contribution is 2.29. The first-order valence-electron chi connectivity index (χ1n) is 4.45. The van der Waals surface area contributed by atoms with Crippen LogP contribution in [0.1, 0.15) is 21.7 Å². The van der Waals surface area contributed by atoms with Gasteiger partial charge in [-0.15, -0.1) is 0 Å². The van der Waals surface area contributed by atoms with E-state index in [-0.39, 0.29) is 11.1 Å².